The van der Waals surface area contributed by atoms with Crippen molar-refractivity contribution in [1.29, 1.82) is 0 Å². The minimum Gasteiger partial charge on any atom is -0.385 e. The molecule has 3 rings (SSSR count). The van der Waals surface area contributed by atoms with E-state index >= 15 is 0 Å². The summed E-state index contributed by atoms with van der Waals surface area (Å²) < 4.78 is 5.05. The van der Waals surface area contributed by atoms with Crippen LogP contribution in [0.5, 0.6) is 0 Å². The highest BCUT2D eigenvalue weighted by molar-refractivity contribution is 7.17. The number of methoxy groups -OCH3 is 1. The largest absolute Gasteiger partial charge is 0.385 e. The summed E-state index contributed by atoms with van der Waals surface area (Å²) in [5.74, 6) is 0.217. The molecule has 0 unspecified atom stereocenters. The zero-order valence-electron chi connectivity index (χ0n) is 16.1. The zero-order valence-corrected chi connectivity index (χ0v) is 17.6. The quantitative estimate of drug-likeness (QED) is 0.398. The Morgan fingerprint density at radius 2 is 2.03 bits per heavy atom. The smallest absolute Gasteiger partial charge is 0.222 e. The Morgan fingerprint density at radius 3 is 2.76 bits per heavy atom. The first-order chi connectivity index (χ1) is 14.0. The van der Waals surface area contributed by atoms with Gasteiger partial charge in [-0.15, -0.1) is 11.3 Å². The molecule has 0 bridgehead atoms. The van der Waals surface area contributed by atoms with Crippen LogP contribution in [0.15, 0.2) is 42.6 Å². The van der Waals surface area contributed by atoms with Gasteiger partial charge in [-0.3, -0.25) is 9.59 Å². The number of nitrogens with zero attached hydrogens (tertiary/aromatic N) is 2. The first-order valence-electron chi connectivity index (χ1n) is 9.01. The van der Waals surface area contributed by atoms with Gasteiger partial charge in [0.05, 0.1) is 15.6 Å². The monoisotopic (exact) mass is 429 g/mol. The van der Waals surface area contributed by atoms with E-state index in [1.54, 1.807) is 31.5 Å². The van der Waals surface area contributed by atoms with Crippen molar-refractivity contribution in [3.05, 3.63) is 52.5 Å². The summed E-state index contributed by atoms with van der Waals surface area (Å²) in [6, 6.07) is 10.8. The van der Waals surface area contributed by atoms with Gasteiger partial charge in [-0.25, -0.2) is 9.97 Å². The Bertz CT molecular complexity index is 1040. The van der Waals surface area contributed by atoms with Crippen molar-refractivity contribution < 1.29 is 14.3 Å². The molecule has 1 amide bonds. The molecule has 150 valence electrons. The molecule has 0 radical (unpaired) electrons. The van der Waals surface area contributed by atoms with Crippen LogP contribution >= 0.6 is 22.9 Å². The fourth-order valence-corrected chi connectivity index (χ4v) is 4.04. The van der Waals surface area contributed by atoms with Gasteiger partial charge in [0.1, 0.15) is 10.8 Å². The van der Waals surface area contributed by atoms with E-state index in [2.05, 4.69) is 10.3 Å². The van der Waals surface area contributed by atoms with Gasteiger partial charge in [0.25, 0.3) is 0 Å². The number of hydrogen-bond acceptors (Lipinski definition) is 6. The van der Waals surface area contributed by atoms with Gasteiger partial charge in [0, 0.05) is 44.4 Å². The summed E-state index contributed by atoms with van der Waals surface area (Å²) in [5.41, 5.74) is 2.04. The molecule has 3 aromatic rings. The fraction of sp³-hybridized carbons (Fsp3) is 0.238. The summed E-state index contributed by atoms with van der Waals surface area (Å²) >= 11 is 7.69. The fourth-order valence-electron chi connectivity index (χ4n) is 2.77. The molecule has 0 aliphatic carbocycles. The molecule has 0 aliphatic rings. The number of pyridine rings is 1. The number of halogens is 1. The van der Waals surface area contributed by atoms with Crippen LogP contribution in [0.25, 0.3) is 21.8 Å². The maximum absolute atomic E-state index is 12.9. The molecule has 29 heavy (non-hydrogen) atoms. The molecule has 0 fully saturated rings. The van der Waals surface area contributed by atoms with Crippen molar-refractivity contribution in [2.24, 2.45) is 0 Å². The molecule has 0 aliphatic heterocycles. The first kappa shape index (κ1) is 21.1. The number of aromatic nitrogens is 2. The SMILES string of the molecule is COCCCC(=O)c1sc(-c2ccnc(NC(C)=O)c2)nc1-c1ccccc1Cl. The summed E-state index contributed by atoms with van der Waals surface area (Å²) in [6.45, 7) is 1.94. The minimum absolute atomic E-state index is 0.00291. The van der Waals surface area contributed by atoms with Crippen molar-refractivity contribution >= 4 is 40.4 Å². The lowest BCUT2D eigenvalue weighted by Gasteiger charge is -2.04. The number of benzene rings is 1. The van der Waals surface area contributed by atoms with Crippen molar-refractivity contribution in [2.75, 3.05) is 19.0 Å². The van der Waals surface area contributed by atoms with E-state index in [4.69, 9.17) is 21.3 Å². The average molecular weight is 430 g/mol. The van der Waals surface area contributed by atoms with Crippen molar-refractivity contribution in [3.63, 3.8) is 0 Å². The third-order valence-corrected chi connectivity index (χ3v) is 5.55. The molecule has 0 saturated carbocycles. The van der Waals surface area contributed by atoms with Crippen LogP contribution in [0.2, 0.25) is 5.02 Å². The summed E-state index contributed by atoms with van der Waals surface area (Å²) in [6.07, 6.45) is 2.59. The second-order valence-electron chi connectivity index (χ2n) is 6.31. The lowest BCUT2D eigenvalue weighted by atomic mass is 10.1. The third kappa shape index (κ3) is 5.26. The van der Waals surface area contributed by atoms with Crippen LogP contribution < -0.4 is 5.32 Å². The summed E-state index contributed by atoms with van der Waals surface area (Å²) in [4.78, 5) is 33.6. The predicted octanol–water partition coefficient (Wildman–Crippen LogP) is 5.09. The molecular weight excluding hydrogens is 410 g/mol. The van der Waals surface area contributed by atoms with Gasteiger partial charge in [0.2, 0.25) is 5.91 Å². The van der Waals surface area contributed by atoms with Crippen LogP contribution in [0.3, 0.4) is 0 Å². The van der Waals surface area contributed by atoms with Crippen molar-refractivity contribution in [2.45, 2.75) is 19.8 Å². The van der Waals surface area contributed by atoms with E-state index in [1.165, 1.54) is 18.3 Å². The topological polar surface area (TPSA) is 81.2 Å². The Labute approximate surface area is 177 Å². The number of ketones is 1. The van der Waals surface area contributed by atoms with Crippen LogP contribution in [0, 0.1) is 0 Å². The number of amides is 1. The number of carbonyl (C=O) groups is 2. The number of nitrogens with one attached hydrogen (secondary N) is 1. The van der Waals surface area contributed by atoms with Crippen LogP contribution in [-0.4, -0.2) is 35.4 Å². The second-order valence-corrected chi connectivity index (χ2v) is 7.71. The van der Waals surface area contributed by atoms with Crippen LogP contribution in [-0.2, 0) is 9.53 Å². The Morgan fingerprint density at radius 1 is 1.24 bits per heavy atom. The Hall–Kier alpha value is -2.61. The van der Waals surface area contributed by atoms with Gasteiger partial charge >= 0.3 is 0 Å². The number of rotatable bonds is 8. The molecule has 2 heterocycles. The highest BCUT2D eigenvalue weighted by atomic mass is 35.5. The van der Waals surface area contributed by atoms with Crippen molar-refractivity contribution in [3.8, 4) is 21.8 Å². The molecule has 1 aromatic carbocycles. The number of thiazole rings is 1. The predicted molar refractivity (Wildman–Crippen MR) is 116 cm³/mol. The lowest BCUT2D eigenvalue weighted by Crippen LogP contribution is -2.07. The number of ether oxygens (including phenoxy) is 1. The van der Waals surface area contributed by atoms with Gasteiger partial charge in [-0.2, -0.15) is 0 Å². The van der Waals surface area contributed by atoms with E-state index in [-0.39, 0.29) is 11.7 Å². The van der Waals surface area contributed by atoms with Crippen LogP contribution in [0.4, 0.5) is 5.82 Å². The summed E-state index contributed by atoms with van der Waals surface area (Å²) in [7, 11) is 1.61. The Balaban J connectivity index is 2.04. The molecule has 6 nitrogen and oxygen atoms in total. The highest BCUT2D eigenvalue weighted by Gasteiger charge is 2.21. The van der Waals surface area contributed by atoms with E-state index < -0.39 is 0 Å². The third-order valence-electron chi connectivity index (χ3n) is 4.07. The van der Waals surface area contributed by atoms with Gasteiger partial charge < -0.3 is 10.1 Å². The van der Waals surface area contributed by atoms with Gasteiger partial charge in [0.15, 0.2) is 5.78 Å². The maximum Gasteiger partial charge on any atom is 0.222 e. The number of carbonyl (C=O) groups excluding carboxylic acids is 2. The number of Topliss-reactive ketones (excluding diaryl/α,β-unsaturated/α-hetero) is 1. The molecule has 0 spiro atoms. The highest BCUT2D eigenvalue weighted by Crippen LogP contribution is 2.37. The molecule has 2 aromatic heterocycles. The molecule has 0 atom stereocenters. The normalized spacial score (nSPS) is 10.7. The van der Waals surface area contributed by atoms with E-state index in [0.29, 0.717) is 51.4 Å². The van der Waals surface area contributed by atoms with Gasteiger partial charge in [-0.1, -0.05) is 29.8 Å². The lowest BCUT2D eigenvalue weighted by molar-refractivity contribution is -0.114. The molecule has 1 N–H and O–H groups in total. The van der Waals surface area contributed by atoms with E-state index in [9.17, 15) is 9.59 Å². The second kappa shape index (κ2) is 9.73. The molecule has 8 heteroatoms. The van der Waals surface area contributed by atoms with E-state index in [1.807, 2.05) is 18.2 Å². The van der Waals surface area contributed by atoms with E-state index in [0.717, 1.165) is 5.56 Å². The minimum atomic E-state index is -0.209. The van der Waals surface area contributed by atoms with Crippen LogP contribution in [0.1, 0.15) is 29.4 Å². The maximum atomic E-state index is 12.9. The van der Waals surface area contributed by atoms with Crippen molar-refractivity contribution in [1.82, 2.24) is 9.97 Å². The zero-order chi connectivity index (χ0) is 20.8. The standard InChI is InChI=1S/C21H20ClN3O3S/c1-13(26)24-18-12-14(9-10-23-18)21-25-19(15-6-3-4-7-16(15)22)20(29-21)17(27)8-5-11-28-2/h3-4,6-7,9-10,12H,5,8,11H2,1-2H3,(H,23,24,26). The summed E-state index contributed by atoms with van der Waals surface area (Å²) in [5, 5.41) is 3.85. The number of anilines is 1. The number of hydrogen-bond donors (Lipinski definition) is 1. The van der Waals surface area contributed by atoms with Gasteiger partial charge in [-0.05, 0) is 24.6 Å². The Kier molecular flexibility index (Phi) is 7.09. The molecular formula is C21H20ClN3O3S. The molecule has 0 saturated heterocycles. The first-order valence-corrected chi connectivity index (χ1v) is 10.2. The average Bonchev–Trinajstić information content (AvgIpc) is 3.13.